The number of carbonyl (C=O) groups is 1. The van der Waals surface area contributed by atoms with Gasteiger partial charge in [-0.1, -0.05) is 0 Å². The lowest BCUT2D eigenvalue weighted by Crippen LogP contribution is -2.03. The Morgan fingerprint density at radius 1 is 1.50 bits per heavy atom. The van der Waals surface area contributed by atoms with Crippen LogP contribution in [0.2, 0.25) is 0 Å². The molecule has 82 valence electrons. The normalized spacial score (nSPS) is 10.3. The van der Waals surface area contributed by atoms with Gasteiger partial charge in [-0.25, -0.2) is 18.9 Å². The first kappa shape index (κ1) is 10.1. The van der Waals surface area contributed by atoms with Crippen molar-refractivity contribution in [2.24, 2.45) is 0 Å². The SMILES string of the molecule is Nc1cn(-c2ccc(F)cn2)nc1C(=O)O. The van der Waals surface area contributed by atoms with Crippen LogP contribution < -0.4 is 5.73 Å². The molecule has 16 heavy (non-hydrogen) atoms. The molecule has 0 amide bonds. The van der Waals surface area contributed by atoms with Crippen LogP contribution in [0.3, 0.4) is 0 Å². The number of halogens is 1. The Kier molecular flexibility index (Phi) is 2.28. The third-order valence-corrected chi connectivity index (χ3v) is 1.89. The van der Waals surface area contributed by atoms with Crippen LogP contribution in [-0.2, 0) is 0 Å². The van der Waals surface area contributed by atoms with Gasteiger partial charge in [0.05, 0.1) is 18.1 Å². The van der Waals surface area contributed by atoms with Crippen molar-refractivity contribution < 1.29 is 14.3 Å². The highest BCUT2D eigenvalue weighted by molar-refractivity contribution is 5.91. The Morgan fingerprint density at radius 2 is 2.25 bits per heavy atom. The Labute approximate surface area is 89.1 Å². The molecule has 0 aromatic carbocycles. The van der Waals surface area contributed by atoms with E-state index in [9.17, 15) is 9.18 Å². The van der Waals surface area contributed by atoms with E-state index in [1.807, 2.05) is 0 Å². The molecule has 2 aromatic rings. The number of aromatic carboxylic acids is 1. The van der Waals surface area contributed by atoms with Crippen LogP contribution in [0.4, 0.5) is 10.1 Å². The summed E-state index contributed by atoms with van der Waals surface area (Å²) in [4.78, 5) is 14.4. The molecule has 6 nitrogen and oxygen atoms in total. The third kappa shape index (κ3) is 1.70. The fraction of sp³-hybridized carbons (Fsp3) is 0. The van der Waals surface area contributed by atoms with E-state index >= 15 is 0 Å². The van der Waals surface area contributed by atoms with Gasteiger partial charge in [-0.3, -0.25) is 0 Å². The molecule has 0 spiro atoms. The van der Waals surface area contributed by atoms with Crippen molar-refractivity contribution in [3.05, 3.63) is 36.0 Å². The van der Waals surface area contributed by atoms with Crippen molar-refractivity contribution in [2.45, 2.75) is 0 Å². The van der Waals surface area contributed by atoms with E-state index in [0.717, 1.165) is 6.20 Å². The molecule has 0 saturated carbocycles. The molecule has 0 aliphatic carbocycles. The Balaban J connectivity index is 2.45. The lowest BCUT2D eigenvalue weighted by atomic mass is 10.4. The molecule has 3 N–H and O–H groups in total. The summed E-state index contributed by atoms with van der Waals surface area (Å²) in [5.74, 6) is -1.42. The van der Waals surface area contributed by atoms with Gasteiger partial charge >= 0.3 is 5.97 Å². The van der Waals surface area contributed by atoms with E-state index in [4.69, 9.17) is 10.8 Å². The van der Waals surface area contributed by atoms with Crippen LogP contribution in [0.5, 0.6) is 0 Å². The van der Waals surface area contributed by atoms with Crippen LogP contribution in [0.1, 0.15) is 10.5 Å². The van der Waals surface area contributed by atoms with Crippen LogP contribution in [-0.4, -0.2) is 25.8 Å². The largest absolute Gasteiger partial charge is 0.476 e. The average Bonchev–Trinajstić information content (AvgIpc) is 2.61. The molecule has 0 aliphatic heterocycles. The minimum Gasteiger partial charge on any atom is -0.476 e. The highest BCUT2D eigenvalue weighted by Crippen LogP contribution is 2.12. The highest BCUT2D eigenvalue weighted by atomic mass is 19.1. The van der Waals surface area contributed by atoms with Crippen molar-refractivity contribution in [1.82, 2.24) is 14.8 Å². The number of rotatable bonds is 2. The quantitative estimate of drug-likeness (QED) is 0.779. The van der Waals surface area contributed by atoms with Crippen molar-refractivity contribution in [1.29, 1.82) is 0 Å². The number of pyridine rings is 1. The highest BCUT2D eigenvalue weighted by Gasteiger charge is 2.14. The molecule has 0 saturated heterocycles. The van der Waals surface area contributed by atoms with E-state index in [1.165, 1.54) is 23.0 Å². The minimum atomic E-state index is -1.22. The van der Waals surface area contributed by atoms with Gasteiger partial charge in [-0.2, -0.15) is 5.10 Å². The van der Waals surface area contributed by atoms with Crippen LogP contribution in [0, 0.1) is 5.82 Å². The number of nitrogens with zero attached hydrogens (tertiary/aromatic N) is 3. The number of hydrogen-bond donors (Lipinski definition) is 2. The lowest BCUT2D eigenvalue weighted by Gasteiger charge is -1.98. The van der Waals surface area contributed by atoms with Gasteiger partial charge < -0.3 is 10.8 Å². The van der Waals surface area contributed by atoms with Gasteiger partial charge in [0, 0.05) is 0 Å². The maximum atomic E-state index is 12.6. The average molecular weight is 222 g/mol. The predicted octanol–water partition coefficient (Wildman–Crippen LogP) is 0.687. The fourth-order valence-corrected chi connectivity index (χ4v) is 1.17. The molecule has 2 heterocycles. The molecular formula is C9H7FN4O2. The summed E-state index contributed by atoms with van der Waals surface area (Å²) in [6.45, 7) is 0. The summed E-state index contributed by atoms with van der Waals surface area (Å²) >= 11 is 0. The van der Waals surface area contributed by atoms with Gasteiger partial charge in [0.25, 0.3) is 0 Å². The molecular weight excluding hydrogens is 215 g/mol. The van der Waals surface area contributed by atoms with Crippen molar-refractivity contribution >= 4 is 11.7 Å². The van der Waals surface area contributed by atoms with Gasteiger partial charge in [0.15, 0.2) is 11.5 Å². The third-order valence-electron chi connectivity index (χ3n) is 1.89. The zero-order valence-corrected chi connectivity index (χ0v) is 7.96. The number of aromatic nitrogens is 3. The molecule has 0 aliphatic rings. The van der Waals surface area contributed by atoms with Crippen LogP contribution >= 0.6 is 0 Å². The molecule has 0 unspecified atom stereocenters. The number of anilines is 1. The summed E-state index contributed by atoms with van der Waals surface area (Å²) in [6, 6.07) is 2.56. The second-order valence-corrected chi connectivity index (χ2v) is 3.02. The van der Waals surface area contributed by atoms with E-state index in [-0.39, 0.29) is 11.4 Å². The van der Waals surface area contributed by atoms with Gasteiger partial charge in [-0.05, 0) is 12.1 Å². The van der Waals surface area contributed by atoms with E-state index in [2.05, 4.69) is 10.1 Å². The first-order valence-electron chi connectivity index (χ1n) is 4.28. The second kappa shape index (κ2) is 3.61. The molecule has 0 bridgehead atoms. The summed E-state index contributed by atoms with van der Waals surface area (Å²) in [7, 11) is 0. The van der Waals surface area contributed by atoms with Crippen molar-refractivity contribution in [3.8, 4) is 5.82 Å². The summed E-state index contributed by atoms with van der Waals surface area (Å²) in [6.07, 6.45) is 2.32. The van der Waals surface area contributed by atoms with Crippen molar-refractivity contribution in [3.63, 3.8) is 0 Å². The monoisotopic (exact) mass is 222 g/mol. The first-order valence-corrected chi connectivity index (χ1v) is 4.28. The molecule has 0 atom stereocenters. The first-order chi connectivity index (χ1) is 7.58. The summed E-state index contributed by atoms with van der Waals surface area (Å²) in [5.41, 5.74) is 5.21. The Hall–Kier alpha value is -2.44. The fourth-order valence-electron chi connectivity index (χ4n) is 1.17. The number of carboxylic acids is 1. The van der Waals surface area contributed by atoms with Gasteiger partial charge in [-0.15, -0.1) is 0 Å². The summed E-state index contributed by atoms with van der Waals surface area (Å²) in [5, 5.41) is 12.5. The number of nitrogens with two attached hydrogens (primary N) is 1. The summed E-state index contributed by atoms with van der Waals surface area (Å²) < 4.78 is 13.8. The minimum absolute atomic E-state index is 0.0265. The van der Waals surface area contributed by atoms with Gasteiger partial charge in [0.2, 0.25) is 0 Å². The smallest absolute Gasteiger partial charge is 0.358 e. The zero-order valence-electron chi connectivity index (χ0n) is 7.96. The molecule has 2 rings (SSSR count). The van der Waals surface area contributed by atoms with Crippen LogP contribution in [0.25, 0.3) is 5.82 Å². The topological polar surface area (TPSA) is 94.0 Å². The predicted molar refractivity (Wildman–Crippen MR) is 52.7 cm³/mol. The van der Waals surface area contributed by atoms with E-state index < -0.39 is 11.8 Å². The molecule has 7 heteroatoms. The number of carboxylic acid groups (broad SMARTS) is 1. The molecule has 2 aromatic heterocycles. The molecule has 0 radical (unpaired) electrons. The Bertz CT molecular complexity index is 535. The second-order valence-electron chi connectivity index (χ2n) is 3.02. The maximum absolute atomic E-state index is 12.6. The number of nitrogen functional groups attached to an aromatic ring is 1. The van der Waals surface area contributed by atoms with Crippen LogP contribution in [0.15, 0.2) is 24.5 Å². The lowest BCUT2D eigenvalue weighted by molar-refractivity contribution is 0.0691. The number of hydrogen-bond acceptors (Lipinski definition) is 4. The maximum Gasteiger partial charge on any atom is 0.358 e. The molecule has 0 fully saturated rings. The van der Waals surface area contributed by atoms with Crippen molar-refractivity contribution in [2.75, 3.05) is 5.73 Å². The van der Waals surface area contributed by atoms with Gasteiger partial charge in [0.1, 0.15) is 5.82 Å². The Morgan fingerprint density at radius 3 is 2.75 bits per heavy atom. The standard InChI is InChI=1S/C9H7FN4O2/c10-5-1-2-7(12-3-5)14-4-6(11)8(13-14)9(15)16/h1-4H,11H2,(H,15,16). The zero-order chi connectivity index (χ0) is 11.7. The van der Waals surface area contributed by atoms with E-state index in [1.54, 1.807) is 0 Å². The van der Waals surface area contributed by atoms with E-state index in [0.29, 0.717) is 5.82 Å².